The largest absolute Gasteiger partial charge is 0.445 e. The monoisotopic (exact) mass is 419 g/mol. The summed E-state index contributed by atoms with van der Waals surface area (Å²) in [4.78, 5) is 32.8. The van der Waals surface area contributed by atoms with Crippen molar-refractivity contribution in [2.45, 2.75) is 25.1 Å². The number of piperazine rings is 1. The van der Waals surface area contributed by atoms with E-state index >= 15 is 0 Å². The van der Waals surface area contributed by atoms with Gasteiger partial charge in [0.15, 0.2) is 5.60 Å². The molecule has 1 aromatic heterocycles. The molecule has 9 heteroatoms. The number of nitrogens with zero attached hydrogens (tertiary/aromatic N) is 3. The Morgan fingerprint density at radius 2 is 1.80 bits per heavy atom. The van der Waals surface area contributed by atoms with Crippen molar-refractivity contribution in [2.75, 3.05) is 31.1 Å². The number of benzene rings is 1. The number of carbonyl (C=O) groups excluding carboxylic acids is 2. The summed E-state index contributed by atoms with van der Waals surface area (Å²) in [6, 6.07) is 9.39. The molecule has 6 nitrogen and oxygen atoms in total. The van der Waals surface area contributed by atoms with Crippen LogP contribution in [0.3, 0.4) is 0 Å². The number of fused-ring (bicyclic) bond motifs is 1. The number of ether oxygens (including phenoxy) is 1. The van der Waals surface area contributed by atoms with Gasteiger partial charge >= 0.3 is 12.1 Å². The van der Waals surface area contributed by atoms with Gasteiger partial charge in [-0.25, -0.2) is 9.78 Å². The molecular formula is C21H20F3N3O3. The number of carbonyl (C=O) groups is 2. The molecule has 3 heterocycles. The molecule has 1 fully saturated rings. The first-order valence-corrected chi connectivity index (χ1v) is 9.56. The smallest absolute Gasteiger partial charge is 0.417 e. The minimum atomic E-state index is -4.43. The number of amides is 1. The maximum Gasteiger partial charge on any atom is 0.417 e. The molecular weight excluding hydrogens is 399 g/mol. The van der Waals surface area contributed by atoms with E-state index in [2.05, 4.69) is 4.98 Å². The van der Waals surface area contributed by atoms with Crippen molar-refractivity contribution >= 4 is 17.7 Å². The van der Waals surface area contributed by atoms with Crippen LogP contribution in [0.1, 0.15) is 28.4 Å². The molecule has 0 bridgehead atoms. The molecule has 2 aliphatic rings. The van der Waals surface area contributed by atoms with Gasteiger partial charge in [-0.15, -0.1) is 0 Å². The lowest BCUT2D eigenvalue weighted by Crippen LogP contribution is -2.58. The fourth-order valence-corrected chi connectivity index (χ4v) is 3.87. The SMILES string of the molecule is C[C@]1(C(=O)N2CCN(c3ccc(C(F)(F)F)cn3)CC2)Cc2ccccc2C(=O)O1. The molecule has 0 spiro atoms. The molecule has 4 rings (SSSR count). The summed E-state index contributed by atoms with van der Waals surface area (Å²) in [7, 11) is 0. The predicted molar refractivity (Wildman–Crippen MR) is 102 cm³/mol. The van der Waals surface area contributed by atoms with Crippen molar-refractivity contribution in [1.29, 1.82) is 0 Å². The molecule has 1 aromatic carbocycles. The maximum atomic E-state index is 13.1. The van der Waals surface area contributed by atoms with Crippen LogP contribution in [-0.2, 0) is 22.1 Å². The van der Waals surface area contributed by atoms with Gasteiger partial charge in [-0.1, -0.05) is 18.2 Å². The summed E-state index contributed by atoms with van der Waals surface area (Å²) >= 11 is 0. The number of hydrogen-bond donors (Lipinski definition) is 0. The van der Waals surface area contributed by atoms with Crippen LogP contribution in [0.15, 0.2) is 42.6 Å². The second-order valence-corrected chi connectivity index (χ2v) is 7.64. The Hall–Kier alpha value is -3.10. The summed E-state index contributed by atoms with van der Waals surface area (Å²) in [6.07, 6.45) is -3.32. The number of cyclic esters (lactones) is 1. The third-order valence-corrected chi connectivity index (χ3v) is 5.50. The van der Waals surface area contributed by atoms with Crippen LogP contribution in [0.4, 0.5) is 19.0 Å². The third-order valence-electron chi connectivity index (χ3n) is 5.50. The van der Waals surface area contributed by atoms with Crippen molar-refractivity contribution in [3.8, 4) is 0 Å². The van der Waals surface area contributed by atoms with Gasteiger partial charge in [0.05, 0.1) is 11.1 Å². The van der Waals surface area contributed by atoms with Gasteiger partial charge < -0.3 is 14.5 Å². The van der Waals surface area contributed by atoms with Gasteiger partial charge in [0.2, 0.25) is 0 Å². The van der Waals surface area contributed by atoms with E-state index in [9.17, 15) is 22.8 Å². The summed E-state index contributed by atoms with van der Waals surface area (Å²) in [5, 5.41) is 0. The van der Waals surface area contributed by atoms with Gasteiger partial charge in [-0.2, -0.15) is 13.2 Å². The highest BCUT2D eigenvalue weighted by Crippen LogP contribution is 2.31. The number of hydrogen-bond acceptors (Lipinski definition) is 5. The zero-order chi connectivity index (χ0) is 21.5. The van der Waals surface area contributed by atoms with E-state index in [4.69, 9.17) is 4.74 Å². The Kier molecular flexibility index (Phi) is 4.91. The Labute approximate surface area is 171 Å². The molecule has 0 unspecified atom stereocenters. The maximum absolute atomic E-state index is 13.1. The first kappa shape index (κ1) is 20.2. The number of aromatic nitrogens is 1. The van der Waals surface area contributed by atoms with E-state index < -0.39 is 23.3 Å². The number of esters is 1. The van der Waals surface area contributed by atoms with Gasteiger partial charge in [0, 0.05) is 38.8 Å². The lowest BCUT2D eigenvalue weighted by molar-refractivity contribution is -0.151. The molecule has 1 saturated heterocycles. The van der Waals surface area contributed by atoms with E-state index in [1.165, 1.54) is 6.07 Å². The molecule has 0 radical (unpaired) electrons. The van der Waals surface area contributed by atoms with Crippen LogP contribution in [0.25, 0.3) is 0 Å². The molecule has 0 saturated carbocycles. The van der Waals surface area contributed by atoms with Crippen LogP contribution in [0.5, 0.6) is 0 Å². The van der Waals surface area contributed by atoms with Crippen LogP contribution in [0, 0.1) is 0 Å². The fourth-order valence-electron chi connectivity index (χ4n) is 3.87. The lowest BCUT2D eigenvalue weighted by Gasteiger charge is -2.41. The molecule has 2 aliphatic heterocycles. The van der Waals surface area contributed by atoms with E-state index in [1.807, 2.05) is 17.0 Å². The van der Waals surface area contributed by atoms with Crippen LogP contribution in [-0.4, -0.2) is 53.5 Å². The summed E-state index contributed by atoms with van der Waals surface area (Å²) in [5.74, 6) is -0.356. The first-order valence-electron chi connectivity index (χ1n) is 9.56. The highest BCUT2D eigenvalue weighted by Gasteiger charge is 2.45. The average Bonchev–Trinajstić information content (AvgIpc) is 2.73. The van der Waals surface area contributed by atoms with Crippen LogP contribution < -0.4 is 4.90 Å². The van der Waals surface area contributed by atoms with Crippen molar-refractivity contribution in [1.82, 2.24) is 9.88 Å². The van der Waals surface area contributed by atoms with Gasteiger partial charge in [0.25, 0.3) is 5.91 Å². The van der Waals surface area contributed by atoms with Gasteiger partial charge in [0.1, 0.15) is 5.82 Å². The zero-order valence-electron chi connectivity index (χ0n) is 16.3. The normalized spacial score (nSPS) is 21.8. The topological polar surface area (TPSA) is 62.7 Å². The van der Waals surface area contributed by atoms with Crippen molar-refractivity contribution < 1.29 is 27.5 Å². The fraction of sp³-hybridized carbons (Fsp3) is 0.381. The molecule has 0 aliphatic carbocycles. The highest BCUT2D eigenvalue weighted by atomic mass is 19.4. The zero-order valence-corrected chi connectivity index (χ0v) is 16.3. The number of anilines is 1. The average molecular weight is 419 g/mol. The van der Waals surface area contributed by atoms with Gasteiger partial charge in [-0.05, 0) is 30.7 Å². The second-order valence-electron chi connectivity index (χ2n) is 7.64. The number of rotatable bonds is 2. The minimum Gasteiger partial charge on any atom is -0.445 e. The molecule has 0 N–H and O–H groups in total. The van der Waals surface area contributed by atoms with Crippen molar-refractivity contribution in [3.63, 3.8) is 0 Å². The predicted octanol–water partition coefficient (Wildman–Crippen LogP) is 2.92. The minimum absolute atomic E-state index is 0.273. The number of pyridine rings is 1. The quantitative estimate of drug-likeness (QED) is 0.701. The Balaban J connectivity index is 1.42. The van der Waals surface area contributed by atoms with E-state index in [1.54, 1.807) is 24.0 Å². The molecule has 2 aromatic rings. The van der Waals surface area contributed by atoms with E-state index in [0.29, 0.717) is 44.0 Å². The Morgan fingerprint density at radius 1 is 1.10 bits per heavy atom. The van der Waals surface area contributed by atoms with Crippen LogP contribution >= 0.6 is 0 Å². The lowest BCUT2D eigenvalue weighted by atomic mass is 9.88. The standard InChI is InChI=1S/C21H20F3N3O3/c1-20(12-14-4-2-3-5-16(14)18(28)30-20)19(29)27-10-8-26(9-11-27)17-7-6-15(13-25-17)21(22,23)24/h2-7,13H,8-12H2,1H3/t20-/m1/s1. The van der Waals surface area contributed by atoms with Crippen molar-refractivity contribution in [3.05, 3.63) is 59.3 Å². The molecule has 30 heavy (non-hydrogen) atoms. The van der Waals surface area contributed by atoms with E-state index in [-0.39, 0.29) is 5.91 Å². The Morgan fingerprint density at radius 3 is 2.43 bits per heavy atom. The number of halogens is 3. The molecule has 1 atom stereocenters. The summed E-state index contributed by atoms with van der Waals surface area (Å²) in [5.41, 5.74) is -0.828. The molecule has 158 valence electrons. The van der Waals surface area contributed by atoms with E-state index in [0.717, 1.165) is 17.8 Å². The second kappa shape index (κ2) is 7.30. The van der Waals surface area contributed by atoms with Crippen molar-refractivity contribution in [2.24, 2.45) is 0 Å². The highest BCUT2D eigenvalue weighted by molar-refractivity contribution is 5.97. The van der Waals surface area contributed by atoms with Gasteiger partial charge in [-0.3, -0.25) is 4.79 Å². The number of alkyl halides is 3. The first-order chi connectivity index (χ1) is 14.2. The van der Waals surface area contributed by atoms with Crippen LogP contribution in [0.2, 0.25) is 0 Å². The third kappa shape index (κ3) is 3.71. The Bertz CT molecular complexity index is 969. The summed E-state index contributed by atoms with van der Waals surface area (Å²) < 4.78 is 43.6. The summed E-state index contributed by atoms with van der Waals surface area (Å²) in [6.45, 7) is 3.18. The molecule has 1 amide bonds.